The van der Waals surface area contributed by atoms with Crippen LogP contribution in [-0.4, -0.2) is 66.2 Å². The highest BCUT2D eigenvalue weighted by Crippen LogP contribution is 2.47. The number of rotatable bonds is 5. The molecule has 1 aromatic rings. The average molecular weight is 494 g/mol. The molecule has 196 valence electrons. The van der Waals surface area contributed by atoms with Crippen molar-refractivity contribution in [2.24, 2.45) is 0 Å². The number of amides is 2. The van der Waals surface area contributed by atoms with Crippen molar-refractivity contribution in [2.45, 2.75) is 102 Å². The van der Waals surface area contributed by atoms with Gasteiger partial charge in [0.15, 0.2) is 0 Å². The summed E-state index contributed by atoms with van der Waals surface area (Å²) in [6, 6.07) is 9.78. The smallest absolute Gasteiger partial charge is 0.410 e. The van der Waals surface area contributed by atoms with Gasteiger partial charge in [0, 0.05) is 42.7 Å². The first-order chi connectivity index (χ1) is 17.5. The van der Waals surface area contributed by atoms with Crippen LogP contribution in [0, 0.1) is 0 Å². The zero-order valence-corrected chi connectivity index (χ0v) is 22.2. The van der Waals surface area contributed by atoms with E-state index >= 15 is 0 Å². The number of likely N-dealkylation sites (tertiary alicyclic amines) is 1. The van der Waals surface area contributed by atoms with Crippen LogP contribution in [0.25, 0.3) is 0 Å². The Morgan fingerprint density at radius 1 is 0.972 bits per heavy atom. The molecular weight excluding hydrogens is 450 g/mol. The van der Waals surface area contributed by atoms with Gasteiger partial charge in [0.05, 0.1) is 0 Å². The van der Waals surface area contributed by atoms with Crippen LogP contribution in [0.1, 0.15) is 83.6 Å². The van der Waals surface area contributed by atoms with Crippen LogP contribution in [0.15, 0.2) is 36.4 Å². The van der Waals surface area contributed by atoms with Gasteiger partial charge < -0.3 is 19.4 Å². The second-order valence-corrected chi connectivity index (χ2v) is 11.4. The van der Waals surface area contributed by atoms with Crippen LogP contribution in [-0.2, 0) is 14.9 Å². The zero-order chi connectivity index (χ0) is 25.1. The predicted octanol–water partition coefficient (Wildman–Crippen LogP) is 5.66. The van der Waals surface area contributed by atoms with Crippen molar-refractivity contribution in [1.29, 1.82) is 0 Å². The summed E-state index contributed by atoms with van der Waals surface area (Å²) in [5, 5.41) is 0. The monoisotopic (exact) mass is 493 g/mol. The molecule has 2 amide bonds. The van der Waals surface area contributed by atoms with E-state index in [1.165, 1.54) is 5.56 Å². The second kappa shape index (κ2) is 11.0. The molecule has 1 aromatic carbocycles. The van der Waals surface area contributed by atoms with Crippen LogP contribution in [0.4, 0.5) is 10.5 Å². The lowest BCUT2D eigenvalue weighted by Gasteiger charge is -2.44. The molecule has 5 rings (SSSR count). The first-order valence-electron chi connectivity index (χ1n) is 14.2. The molecule has 4 aliphatic rings. The molecule has 6 heteroatoms. The van der Waals surface area contributed by atoms with E-state index in [9.17, 15) is 9.59 Å². The number of unbranched alkanes of at least 4 members (excludes halogenated alkanes) is 1. The standard InChI is InChI=1S/C30H43N3O3/c1-3-4-5-8-21-36-29(35)33-25-13-11-24(12-14-26(33)16-15-25)31-19-17-30(18-20-31)22-32(23(2)34)28-10-7-6-9-27(28)30/h5-10,24-26H,3-4,11-22H2,1-2H3. The van der Waals surface area contributed by atoms with Crippen molar-refractivity contribution in [1.82, 2.24) is 9.80 Å². The lowest BCUT2D eigenvalue weighted by Crippen LogP contribution is -2.50. The van der Waals surface area contributed by atoms with Crippen molar-refractivity contribution < 1.29 is 14.3 Å². The minimum Gasteiger partial charge on any atom is -0.445 e. The molecular formula is C30H43N3O3. The number of para-hydroxylation sites is 1. The Labute approximate surface area is 216 Å². The lowest BCUT2D eigenvalue weighted by molar-refractivity contribution is -0.116. The fourth-order valence-electron chi connectivity index (χ4n) is 7.31. The summed E-state index contributed by atoms with van der Waals surface area (Å²) >= 11 is 0. The first kappa shape index (κ1) is 25.3. The van der Waals surface area contributed by atoms with E-state index in [2.05, 4.69) is 41.0 Å². The molecule has 2 bridgehead atoms. The zero-order valence-electron chi connectivity index (χ0n) is 22.2. The highest BCUT2D eigenvalue weighted by atomic mass is 16.6. The summed E-state index contributed by atoms with van der Waals surface area (Å²) in [5.74, 6) is 0.150. The van der Waals surface area contributed by atoms with E-state index in [1.807, 2.05) is 17.0 Å². The summed E-state index contributed by atoms with van der Waals surface area (Å²) in [6.45, 7) is 7.24. The van der Waals surface area contributed by atoms with Crippen molar-refractivity contribution in [3.63, 3.8) is 0 Å². The van der Waals surface area contributed by atoms with Gasteiger partial charge in [-0.2, -0.15) is 0 Å². The number of hydrogen-bond acceptors (Lipinski definition) is 4. The van der Waals surface area contributed by atoms with E-state index in [0.29, 0.717) is 24.7 Å². The molecule has 0 N–H and O–H groups in total. The summed E-state index contributed by atoms with van der Waals surface area (Å²) < 4.78 is 5.62. The third-order valence-corrected chi connectivity index (χ3v) is 9.30. The van der Waals surface area contributed by atoms with Crippen molar-refractivity contribution in [3.8, 4) is 0 Å². The molecule has 0 aromatic heterocycles. The predicted molar refractivity (Wildman–Crippen MR) is 143 cm³/mol. The molecule has 4 heterocycles. The number of ether oxygens (including phenoxy) is 1. The number of hydrogen-bond donors (Lipinski definition) is 0. The Bertz CT molecular complexity index is 952. The quantitative estimate of drug-likeness (QED) is 0.497. The fourth-order valence-corrected chi connectivity index (χ4v) is 7.31. The maximum Gasteiger partial charge on any atom is 0.410 e. The first-order valence-corrected chi connectivity index (χ1v) is 14.2. The summed E-state index contributed by atoms with van der Waals surface area (Å²) in [6.07, 6.45) is 15.0. The number of fused-ring (bicyclic) bond motifs is 4. The molecule has 4 aliphatic heterocycles. The number of benzene rings is 1. The van der Waals surface area contributed by atoms with Crippen LogP contribution in [0.3, 0.4) is 0 Å². The highest BCUT2D eigenvalue weighted by Gasteiger charge is 2.47. The van der Waals surface area contributed by atoms with Gasteiger partial charge in [-0.25, -0.2) is 4.79 Å². The molecule has 2 atom stereocenters. The Hall–Kier alpha value is -2.34. The van der Waals surface area contributed by atoms with Crippen molar-refractivity contribution >= 4 is 17.7 Å². The topological polar surface area (TPSA) is 53.1 Å². The van der Waals surface area contributed by atoms with E-state index in [4.69, 9.17) is 4.74 Å². The minimum absolute atomic E-state index is 0.103. The van der Waals surface area contributed by atoms with Gasteiger partial charge in [0.1, 0.15) is 6.61 Å². The Kier molecular flexibility index (Phi) is 7.71. The number of allylic oxidation sites excluding steroid dienone is 1. The van der Waals surface area contributed by atoms with Gasteiger partial charge in [-0.3, -0.25) is 4.79 Å². The third kappa shape index (κ3) is 4.93. The SMILES string of the molecule is CCCC=CCOC(=O)N1C2CCC(N3CCC4(CC3)CN(C(C)=O)c3ccccc34)CCC1CC2. The molecule has 0 saturated carbocycles. The van der Waals surface area contributed by atoms with Crippen molar-refractivity contribution in [3.05, 3.63) is 42.0 Å². The van der Waals surface area contributed by atoms with Gasteiger partial charge in [-0.1, -0.05) is 43.7 Å². The minimum atomic E-state index is -0.114. The highest BCUT2D eigenvalue weighted by molar-refractivity contribution is 5.94. The van der Waals surface area contributed by atoms with E-state index < -0.39 is 0 Å². The van der Waals surface area contributed by atoms with E-state index in [-0.39, 0.29) is 17.4 Å². The Morgan fingerprint density at radius 2 is 1.61 bits per heavy atom. The number of carbonyl (C=O) groups is 2. The molecule has 0 radical (unpaired) electrons. The Morgan fingerprint density at radius 3 is 2.25 bits per heavy atom. The summed E-state index contributed by atoms with van der Waals surface area (Å²) in [4.78, 5) is 32.0. The molecule has 36 heavy (non-hydrogen) atoms. The number of piperidine rings is 1. The summed E-state index contributed by atoms with van der Waals surface area (Å²) in [5.41, 5.74) is 2.59. The number of anilines is 1. The molecule has 1 spiro atoms. The molecule has 0 aliphatic carbocycles. The van der Waals surface area contributed by atoms with Gasteiger partial charge in [0.2, 0.25) is 5.91 Å². The van der Waals surface area contributed by atoms with Crippen molar-refractivity contribution in [2.75, 3.05) is 31.1 Å². The van der Waals surface area contributed by atoms with Gasteiger partial charge in [-0.15, -0.1) is 0 Å². The average Bonchev–Trinajstić information content (AvgIpc) is 3.45. The third-order valence-electron chi connectivity index (χ3n) is 9.30. The summed E-state index contributed by atoms with van der Waals surface area (Å²) in [7, 11) is 0. The van der Waals surface area contributed by atoms with E-state index in [0.717, 1.165) is 89.5 Å². The second-order valence-electron chi connectivity index (χ2n) is 11.4. The molecule has 6 nitrogen and oxygen atoms in total. The fraction of sp³-hybridized carbons (Fsp3) is 0.667. The largest absolute Gasteiger partial charge is 0.445 e. The molecule has 3 saturated heterocycles. The molecule has 3 fully saturated rings. The van der Waals surface area contributed by atoms with Gasteiger partial charge >= 0.3 is 6.09 Å². The maximum absolute atomic E-state index is 12.9. The van der Waals surface area contributed by atoms with Gasteiger partial charge in [-0.05, 0) is 82.5 Å². The molecule has 2 unspecified atom stereocenters. The lowest BCUT2D eigenvalue weighted by atomic mass is 9.74. The number of nitrogens with zero attached hydrogens (tertiary/aromatic N) is 3. The normalized spacial score (nSPS) is 27.8. The maximum atomic E-state index is 12.9. The Balaban J connectivity index is 1.17. The number of carbonyl (C=O) groups excluding carboxylic acids is 2. The van der Waals surface area contributed by atoms with E-state index in [1.54, 1.807) is 6.92 Å². The van der Waals surface area contributed by atoms with Crippen LogP contribution in [0.2, 0.25) is 0 Å². The van der Waals surface area contributed by atoms with Crippen LogP contribution in [0.5, 0.6) is 0 Å². The van der Waals surface area contributed by atoms with Crippen LogP contribution < -0.4 is 4.90 Å². The van der Waals surface area contributed by atoms with Crippen LogP contribution >= 0.6 is 0 Å². The van der Waals surface area contributed by atoms with Gasteiger partial charge in [0.25, 0.3) is 0 Å².